The van der Waals surface area contributed by atoms with E-state index < -0.39 is 39.3 Å². The number of anilines is 1. The molecule has 0 aliphatic heterocycles. The van der Waals surface area contributed by atoms with Crippen LogP contribution in [0.5, 0.6) is 0 Å². The first kappa shape index (κ1) is 28.6. The van der Waals surface area contributed by atoms with E-state index in [1.165, 1.54) is 42.7 Å². The van der Waals surface area contributed by atoms with E-state index in [-0.39, 0.29) is 33.1 Å². The van der Waals surface area contributed by atoms with E-state index in [0.717, 1.165) is 0 Å². The largest absolute Gasteiger partial charge is 0.490 e. The highest BCUT2D eigenvalue weighted by Gasteiger charge is 2.38. The van der Waals surface area contributed by atoms with Gasteiger partial charge in [0.2, 0.25) is 16.0 Å². The fraction of sp³-hybridized carbons (Fsp3) is 0.227. The molecule has 14 heteroatoms. The SMILES string of the molecule is CC(C)(C)NS(=O)(=O)c1ccccc1-c1ccc(-c2cnc(N)nc2)c(F)c1F.O=C(O)C(F)(F)F. The van der Waals surface area contributed by atoms with Crippen molar-refractivity contribution in [2.75, 3.05) is 5.73 Å². The standard InChI is InChI=1S/C20H20F2N4O2S.C2HF3O2/c1-20(2,3)26-29(27,28)16-7-5-4-6-14(16)15-9-8-13(17(21)18(15)22)12-10-24-19(23)25-11-12;3-2(4,5)1(6)7/h4-11,26H,1-3H3,(H2,23,24,25);(H,6,7). The summed E-state index contributed by atoms with van der Waals surface area (Å²) >= 11 is 0. The fourth-order valence-electron chi connectivity index (χ4n) is 2.84. The molecule has 194 valence electrons. The lowest BCUT2D eigenvalue weighted by Crippen LogP contribution is -2.40. The number of aliphatic carboxylic acids is 1. The molecule has 36 heavy (non-hydrogen) atoms. The number of alkyl halides is 3. The molecule has 8 nitrogen and oxygen atoms in total. The van der Waals surface area contributed by atoms with Gasteiger partial charge in [0.1, 0.15) is 0 Å². The lowest BCUT2D eigenvalue weighted by Gasteiger charge is -2.22. The monoisotopic (exact) mass is 532 g/mol. The molecule has 0 aliphatic rings. The number of halogens is 5. The van der Waals surface area contributed by atoms with Crippen molar-refractivity contribution in [2.24, 2.45) is 0 Å². The van der Waals surface area contributed by atoms with Crippen LogP contribution in [0.4, 0.5) is 27.9 Å². The highest BCUT2D eigenvalue weighted by atomic mass is 32.2. The van der Waals surface area contributed by atoms with E-state index in [1.54, 1.807) is 26.8 Å². The van der Waals surface area contributed by atoms with Gasteiger partial charge >= 0.3 is 12.1 Å². The van der Waals surface area contributed by atoms with Crippen LogP contribution in [-0.2, 0) is 14.8 Å². The molecule has 0 unspecified atom stereocenters. The van der Waals surface area contributed by atoms with Crippen molar-refractivity contribution in [3.05, 3.63) is 60.4 Å². The van der Waals surface area contributed by atoms with Gasteiger partial charge in [0.15, 0.2) is 11.6 Å². The predicted octanol–water partition coefficient (Wildman–Crippen LogP) is 4.38. The number of sulfonamides is 1. The maximum atomic E-state index is 15.0. The molecule has 0 atom stereocenters. The summed E-state index contributed by atoms with van der Waals surface area (Å²) in [6, 6.07) is 8.54. The van der Waals surface area contributed by atoms with Crippen LogP contribution < -0.4 is 10.5 Å². The van der Waals surface area contributed by atoms with Crippen LogP contribution in [-0.4, -0.2) is 41.2 Å². The first-order chi connectivity index (χ1) is 16.4. The smallest absolute Gasteiger partial charge is 0.475 e. The third-order valence-corrected chi connectivity index (χ3v) is 6.03. The summed E-state index contributed by atoms with van der Waals surface area (Å²) in [5, 5.41) is 7.12. The molecule has 1 heterocycles. The first-order valence-electron chi connectivity index (χ1n) is 9.93. The Balaban J connectivity index is 0.000000572. The Kier molecular flexibility index (Phi) is 8.37. The van der Waals surface area contributed by atoms with Crippen molar-refractivity contribution in [3.8, 4) is 22.3 Å². The minimum atomic E-state index is -5.08. The van der Waals surface area contributed by atoms with Gasteiger partial charge in [-0.2, -0.15) is 13.2 Å². The Morgan fingerprint density at radius 3 is 1.89 bits per heavy atom. The van der Waals surface area contributed by atoms with Gasteiger partial charge in [-0.1, -0.05) is 30.3 Å². The zero-order valence-corrected chi connectivity index (χ0v) is 19.9. The minimum Gasteiger partial charge on any atom is -0.475 e. The average Bonchev–Trinajstić information content (AvgIpc) is 2.74. The molecule has 0 aliphatic carbocycles. The number of carboxylic acids is 1. The van der Waals surface area contributed by atoms with Gasteiger partial charge < -0.3 is 10.8 Å². The summed E-state index contributed by atoms with van der Waals surface area (Å²) in [5.74, 6) is -5.05. The highest BCUT2D eigenvalue weighted by Crippen LogP contribution is 2.34. The van der Waals surface area contributed by atoms with E-state index in [0.29, 0.717) is 0 Å². The Hall–Kier alpha value is -3.65. The highest BCUT2D eigenvalue weighted by molar-refractivity contribution is 7.89. The first-order valence-corrected chi connectivity index (χ1v) is 11.4. The maximum absolute atomic E-state index is 15.0. The van der Waals surface area contributed by atoms with Gasteiger partial charge in [-0.25, -0.2) is 36.7 Å². The number of hydrogen-bond acceptors (Lipinski definition) is 6. The summed E-state index contributed by atoms with van der Waals surface area (Å²) < 4.78 is 89.6. The van der Waals surface area contributed by atoms with Crippen LogP contribution in [0.3, 0.4) is 0 Å². The van der Waals surface area contributed by atoms with Crippen molar-refractivity contribution >= 4 is 21.9 Å². The normalized spacial score (nSPS) is 12.0. The summed E-state index contributed by atoms with van der Waals surface area (Å²) in [6.45, 7) is 5.07. The third kappa shape index (κ3) is 7.18. The summed E-state index contributed by atoms with van der Waals surface area (Å²) in [5.41, 5.74) is 4.76. The van der Waals surface area contributed by atoms with E-state index in [2.05, 4.69) is 14.7 Å². The van der Waals surface area contributed by atoms with Crippen molar-refractivity contribution in [3.63, 3.8) is 0 Å². The fourth-order valence-corrected chi connectivity index (χ4v) is 4.48. The number of nitrogen functional groups attached to an aromatic ring is 1. The zero-order chi connectivity index (χ0) is 27.5. The van der Waals surface area contributed by atoms with E-state index in [1.807, 2.05) is 0 Å². The number of aromatic nitrogens is 2. The van der Waals surface area contributed by atoms with Crippen molar-refractivity contribution in [1.82, 2.24) is 14.7 Å². The molecule has 0 amide bonds. The Morgan fingerprint density at radius 1 is 0.917 bits per heavy atom. The number of rotatable bonds is 4. The quantitative estimate of drug-likeness (QED) is 0.425. The summed E-state index contributed by atoms with van der Waals surface area (Å²) in [4.78, 5) is 16.3. The lowest BCUT2D eigenvalue weighted by molar-refractivity contribution is -0.192. The van der Waals surface area contributed by atoms with Crippen molar-refractivity contribution in [2.45, 2.75) is 37.4 Å². The minimum absolute atomic E-state index is 0.0109. The Bertz CT molecular complexity index is 1360. The van der Waals surface area contributed by atoms with E-state index in [4.69, 9.17) is 15.6 Å². The van der Waals surface area contributed by atoms with Gasteiger partial charge in [0.05, 0.1) is 4.90 Å². The summed E-state index contributed by atoms with van der Waals surface area (Å²) in [7, 11) is -3.97. The van der Waals surface area contributed by atoms with Crippen LogP contribution in [0.25, 0.3) is 22.3 Å². The number of benzene rings is 2. The van der Waals surface area contributed by atoms with E-state index >= 15 is 0 Å². The molecule has 0 spiro atoms. The topological polar surface area (TPSA) is 135 Å². The van der Waals surface area contributed by atoms with Gasteiger partial charge in [-0.05, 0) is 26.8 Å². The van der Waals surface area contributed by atoms with E-state index in [9.17, 15) is 30.4 Å². The average molecular weight is 532 g/mol. The molecule has 4 N–H and O–H groups in total. The lowest BCUT2D eigenvalue weighted by atomic mass is 10.00. The zero-order valence-electron chi connectivity index (χ0n) is 19.1. The van der Waals surface area contributed by atoms with Gasteiger partial charge in [-0.15, -0.1) is 0 Å². The number of hydrogen-bond donors (Lipinski definition) is 3. The predicted molar refractivity (Wildman–Crippen MR) is 121 cm³/mol. The molecule has 2 aromatic carbocycles. The molecule has 0 radical (unpaired) electrons. The van der Waals surface area contributed by atoms with Crippen molar-refractivity contribution in [1.29, 1.82) is 0 Å². The number of carboxylic acid groups (broad SMARTS) is 1. The van der Waals surface area contributed by atoms with Crippen LogP contribution in [0.2, 0.25) is 0 Å². The number of nitrogens with two attached hydrogens (primary N) is 1. The second-order valence-corrected chi connectivity index (χ2v) is 9.92. The molecule has 1 aromatic heterocycles. The second-order valence-electron chi connectivity index (χ2n) is 8.27. The molecular formula is C22H21F5N4O4S. The third-order valence-electron chi connectivity index (χ3n) is 4.21. The molecule has 3 rings (SSSR count). The molecule has 0 saturated carbocycles. The van der Waals surface area contributed by atoms with Crippen LogP contribution >= 0.6 is 0 Å². The molecule has 0 fully saturated rings. The number of nitrogens with zero attached hydrogens (tertiary/aromatic N) is 2. The molecule has 0 saturated heterocycles. The van der Waals surface area contributed by atoms with Crippen LogP contribution in [0.15, 0.2) is 53.7 Å². The molecule has 0 bridgehead atoms. The number of carbonyl (C=O) groups is 1. The van der Waals surface area contributed by atoms with Crippen LogP contribution in [0, 0.1) is 11.6 Å². The van der Waals surface area contributed by atoms with Gasteiger partial charge in [0, 0.05) is 40.2 Å². The van der Waals surface area contributed by atoms with Crippen LogP contribution in [0.1, 0.15) is 20.8 Å². The Labute approximate surface area is 203 Å². The Morgan fingerprint density at radius 2 is 1.39 bits per heavy atom. The number of nitrogens with one attached hydrogen (secondary N) is 1. The van der Waals surface area contributed by atoms with Crippen molar-refractivity contribution < 1.29 is 40.3 Å². The molecular weight excluding hydrogens is 511 g/mol. The van der Waals surface area contributed by atoms with Gasteiger partial charge in [-0.3, -0.25) is 0 Å². The molecule has 3 aromatic rings. The second kappa shape index (κ2) is 10.5. The maximum Gasteiger partial charge on any atom is 0.490 e. The summed E-state index contributed by atoms with van der Waals surface area (Å²) in [6.07, 6.45) is -2.52. The van der Waals surface area contributed by atoms with Gasteiger partial charge in [0.25, 0.3) is 0 Å².